The van der Waals surface area contributed by atoms with Crippen molar-refractivity contribution in [1.29, 1.82) is 0 Å². The number of carbonyl (C=O) groups is 11. The fourth-order valence-corrected chi connectivity index (χ4v) is 5.87. The van der Waals surface area contributed by atoms with E-state index in [1.165, 1.54) is 24.8 Å². The molecule has 0 spiro atoms. The quantitative estimate of drug-likeness (QED) is 0.0176. The zero-order valence-electron chi connectivity index (χ0n) is 47.2. The summed E-state index contributed by atoms with van der Waals surface area (Å²) >= 11 is -3.29. The van der Waals surface area contributed by atoms with Gasteiger partial charge in [0.1, 0.15) is 17.9 Å². The van der Waals surface area contributed by atoms with Crippen molar-refractivity contribution in [3.05, 3.63) is 0 Å². The van der Waals surface area contributed by atoms with Crippen LogP contribution in [-0.4, -0.2) is 192 Å². The van der Waals surface area contributed by atoms with Gasteiger partial charge in [-0.2, -0.15) is 0 Å². The molecule has 480 valence electrons. The first-order valence-electron chi connectivity index (χ1n) is 26.3. The van der Waals surface area contributed by atoms with Crippen molar-refractivity contribution in [3.8, 4) is 0 Å². The molecule has 0 saturated carbocycles. The third kappa shape index (κ3) is 83.8. The Hall–Kier alpha value is -2.70. The van der Waals surface area contributed by atoms with E-state index in [4.69, 9.17) is 75.8 Å². The number of nitrogens with one attached hydrogen (secondary N) is 3. The van der Waals surface area contributed by atoms with Gasteiger partial charge in [-0.1, -0.05) is 38.5 Å². The summed E-state index contributed by atoms with van der Waals surface area (Å²) in [6.07, 6.45) is 13.5. The third-order valence-electron chi connectivity index (χ3n) is 10.1. The van der Waals surface area contributed by atoms with Crippen molar-refractivity contribution in [1.82, 2.24) is 41.6 Å². The maximum absolute atomic E-state index is 12.2. The van der Waals surface area contributed by atoms with Gasteiger partial charge < -0.3 is 26.7 Å². The molecule has 0 fully saturated rings. The summed E-state index contributed by atoms with van der Waals surface area (Å²) < 4.78 is 0. The van der Waals surface area contributed by atoms with Gasteiger partial charge in [0, 0.05) is 131 Å². The van der Waals surface area contributed by atoms with Gasteiger partial charge in [-0.15, -0.1) is 0 Å². The number of hydrogen-bond donors (Lipinski definition) is 13. The first-order valence-corrected chi connectivity index (χ1v) is 38.9. The molecule has 0 rings (SSSR count). The van der Waals surface area contributed by atoms with Crippen LogP contribution in [0.2, 0.25) is 0 Å². The summed E-state index contributed by atoms with van der Waals surface area (Å²) in [5.41, 5.74) is 13.3. The van der Waals surface area contributed by atoms with E-state index in [1.807, 2.05) is 0 Å². The molecule has 0 unspecified atom stereocenters. The van der Waals surface area contributed by atoms with Crippen molar-refractivity contribution in [3.63, 3.8) is 0 Å². The fraction of sp³-hybridized carbons (Fsp3) is 0.766. The van der Waals surface area contributed by atoms with Crippen LogP contribution in [-0.2, 0) is 94.4 Å². The van der Waals surface area contributed by atoms with Crippen LogP contribution in [0, 0.1) is 0 Å². The van der Waals surface area contributed by atoms with E-state index in [0.717, 1.165) is 44.9 Å². The molecule has 0 aliphatic heterocycles. The van der Waals surface area contributed by atoms with E-state index in [1.54, 1.807) is 0 Å². The summed E-state index contributed by atoms with van der Waals surface area (Å²) in [4.78, 5) is 120. The Kier molecular flexibility index (Phi) is 78.3. The molecule has 15 N–H and O–H groups in total. The first kappa shape index (κ1) is 93.0. The number of hydroxylamine groups is 12. The van der Waals surface area contributed by atoms with Crippen LogP contribution in [0.3, 0.4) is 0 Å². The molecule has 0 saturated heterocycles. The minimum Gasteiger partial charge on any atom is 0 e. The zero-order valence-corrected chi connectivity index (χ0v) is 55.2. The van der Waals surface area contributed by atoms with Crippen molar-refractivity contribution >= 4 is 100 Å². The molecule has 0 aromatic carbocycles. The topological polar surface area (TPSA) is 454 Å². The average Bonchev–Trinajstić information content (AvgIpc) is 3.43. The first-order chi connectivity index (χ1) is 38.2. The average molecular weight is 1430 g/mol. The number of nitrogens with zero attached hydrogens (tertiary/aromatic N) is 5. The monoisotopic (exact) mass is 1420 g/mol. The summed E-state index contributed by atoms with van der Waals surface area (Å²) in [7, 11) is 20.1. The van der Waals surface area contributed by atoms with Gasteiger partial charge in [-0.3, -0.25) is 84.4 Å². The van der Waals surface area contributed by atoms with Crippen molar-refractivity contribution in [2.75, 3.05) is 59.0 Å². The molecule has 0 aromatic heterocycles. The molecule has 0 heterocycles. The second kappa shape index (κ2) is 69.1. The summed E-state index contributed by atoms with van der Waals surface area (Å²) in [5, 5.41) is 75.8. The van der Waals surface area contributed by atoms with E-state index >= 15 is 0 Å². The minimum atomic E-state index is -3.29. The van der Waals surface area contributed by atoms with Crippen LogP contribution in [0.15, 0.2) is 0 Å². The van der Waals surface area contributed by atoms with Gasteiger partial charge in [-0.25, -0.2) is 36.3 Å². The molecule has 29 nitrogen and oxygen atoms in total. The van der Waals surface area contributed by atoms with E-state index < -0.39 is 45.0 Å². The predicted molar refractivity (Wildman–Crippen MR) is 294 cm³/mol. The molecular formula is C47H92Cl4N10O19Zr2. The van der Waals surface area contributed by atoms with Crippen LogP contribution < -0.4 is 27.7 Å². The van der Waals surface area contributed by atoms with Crippen LogP contribution in [0.5, 0.6) is 0 Å². The van der Waals surface area contributed by atoms with E-state index in [0.29, 0.717) is 141 Å². The maximum atomic E-state index is 12.2. The van der Waals surface area contributed by atoms with Crippen LogP contribution in [0.25, 0.3) is 0 Å². The van der Waals surface area contributed by atoms with Gasteiger partial charge in [-0.05, 0) is 83.7 Å². The maximum Gasteiger partial charge on any atom is 0 e. The number of nitrogens with two attached hydrogens (primary N) is 2. The van der Waals surface area contributed by atoms with Crippen molar-refractivity contribution < 1.29 is 136 Å². The Labute approximate surface area is 518 Å². The van der Waals surface area contributed by atoms with E-state index in [2.05, 4.69) is 5.32 Å². The molecule has 0 radical (unpaired) electrons. The molecular weight excluding hydrogens is 1330 g/mol. The molecule has 0 aromatic rings. The summed E-state index contributed by atoms with van der Waals surface area (Å²) in [6, 6.07) is 0. The largest absolute Gasteiger partial charge is 0 e. The number of Topliss-reactive ketones (excluding diaryl/α,β-unsaturated/α-hetero) is 2. The Morgan fingerprint density at radius 2 is 0.793 bits per heavy atom. The van der Waals surface area contributed by atoms with Crippen LogP contribution in [0.4, 0.5) is 0 Å². The second-order valence-electron chi connectivity index (χ2n) is 17.2. The number of carbonyl (C=O) groups excluding carboxylic acids is 11. The Bertz CT molecular complexity index is 1650. The molecule has 35 heteroatoms. The van der Waals surface area contributed by atoms with Crippen molar-refractivity contribution in [2.24, 2.45) is 11.5 Å². The number of aliphatic hydroxyl groups is 1. The Morgan fingerprint density at radius 3 is 1.10 bits per heavy atom. The van der Waals surface area contributed by atoms with Gasteiger partial charge in [0.2, 0.25) is 48.3 Å². The Morgan fingerprint density at radius 1 is 0.488 bits per heavy atom. The summed E-state index contributed by atoms with van der Waals surface area (Å²) in [5.74, 6) is -2.88. The van der Waals surface area contributed by atoms with Crippen LogP contribution >= 0.6 is 34.1 Å². The zero-order chi connectivity index (χ0) is 63.3. The number of hydrogen-bond acceptors (Lipinski definition) is 21. The van der Waals surface area contributed by atoms with Gasteiger partial charge in [0.05, 0.1) is 6.61 Å². The molecule has 82 heavy (non-hydrogen) atoms. The molecule has 0 aliphatic carbocycles. The molecule has 8 amide bonds. The predicted octanol–water partition coefficient (Wildman–Crippen LogP) is 4.20. The number of halogens is 4. The fourth-order valence-electron chi connectivity index (χ4n) is 5.87. The smallest absolute Gasteiger partial charge is 0 e. The number of aliphatic hydroxyl groups excluding tert-OH is 1. The number of unbranched alkanes of at least 4 members (excludes halogenated alkanes) is 12. The van der Waals surface area contributed by atoms with E-state index in [-0.39, 0.29) is 121 Å². The van der Waals surface area contributed by atoms with Crippen LogP contribution in [0.1, 0.15) is 174 Å². The van der Waals surface area contributed by atoms with E-state index in [9.17, 15) is 64.0 Å². The molecule has 0 atom stereocenters. The molecule has 0 bridgehead atoms. The summed E-state index contributed by atoms with van der Waals surface area (Å²) in [6.45, 7) is 4.82. The standard InChI is InChI=1S/C36H66N6O11.C6H14N2O2.C2H5NO2.C2H4O2.CH3NO2.4ClH.2Zr/c1-30(43)39(50)26-12-4-2-8-16-31(44)19-22-35(48)41(52)29-15-7-11-25-38-33(46)20-23-36(49)42(53)27-13-5-3-9-17-32(45)18-21-34(47)40(51)28-14-6-10-24-37;7-4-2-1-3-5-8(10)6-9;1-2(4)3-5;2*3-1-2-4;;;;;;/h50-53H,2-29,37H2,1H3,(H,38,46);6,10H,1-5,7H2;5H,1H3,(H,3,4);1,4H,2H2;1,4H,(H,2,3);4*1H;;/q;;;;;;;;;;+4/p-4. The van der Waals surface area contributed by atoms with Gasteiger partial charge in [0.25, 0.3) is 0 Å². The Balaban J connectivity index is -0.000000315. The normalized spacial score (nSPS) is 9.85. The number of rotatable bonds is 42. The number of amides is 8. The number of ketones is 2. The van der Waals surface area contributed by atoms with Gasteiger partial charge in [0.15, 0.2) is 0 Å². The minimum absolute atomic E-state index is 0. The second-order valence-corrected chi connectivity index (χ2v) is 39.6. The third-order valence-corrected chi connectivity index (χ3v) is 10.1. The number of aldehydes is 1. The van der Waals surface area contributed by atoms with Gasteiger partial charge >= 0.3 is 49.5 Å². The SMILES string of the molecule is CC(=O)N(O)CCCCCCC(=O)CCC(=O)N(O)CCCCCNC(=O)CCC(=O)N(O)CCCCCCC(=O)CCC(=O)N(O)CCCCCN.CC(=O)NO.NCCCCCN(O)C=O.O=CCO.O=CNO.[Cl][Zr]([Cl])([Cl])[Cl].[Zr]. The molecule has 0 aliphatic rings. The van der Waals surface area contributed by atoms with Crippen molar-refractivity contribution in [2.45, 2.75) is 174 Å².